The lowest BCUT2D eigenvalue weighted by Crippen LogP contribution is -2.51. The third-order valence-corrected chi connectivity index (χ3v) is 3.05. The Hall–Kier alpha value is -2.41. The van der Waals surface area contributed by atoms with Gasteiger partial charge in [0.15, 0.2) is 0 Å². The number of hydrogen-bond acceptors (Lipinski definition) is 5. The van der Waals surface area contributed by atoms with Gasteiger partial charge in [-0.25, -0.2) is 4.79 Å². The molecule has 24 heavy (non-hydrogen) atoms. The van der Waals surface area contributed by atoms with E-state index in [1.807, 2.05) is 30.3 Å². The van der Waals surface area contributed by atoms with Gasteiger partial charge in [0, 0.05) is 6.42 Å². The first-order valence-corrected chi connectivity index (χ1v) is 7.69. The highest BCUT2D eigenvalue weighted by Crippen LogP contribution is 2.11. The molecule has 1 aromatic rings. The predicted octanol–water partition coefficient (Wildman–Crippen LogP) is 0.258. The molecule has 0 aliphatic heterocycles. The largest absolute Gasteiger partial charge is 0.458 e. The van der Waals surface area contributed by atoms with Gasteiger partial charge in [0.2, 0.25) is 11.8 Å². The summed E-state index contributed by atoms with van der Waals surface area (Å²) >= 11 is 0. The second-order valence-electron chi connectivity index (χ2n) is 6.56. The van der Waals surface area contributed by atoms with E-state index in [0.717, 1.165) is 5.56 Å². The average molecular weight is 335 g/mol. The maximum absolute atomic E-state index is 12.4. The van der Waals surface area contributed by atoms with Gasteiger partial charge in [-0.3, -0.25) is 9.59 Å². The molecule has 0 bridgehead atoms. The number of primary amides is 1. The van der Waals surface area contributed by atoms with Crippen molar-refractivity contribution in [1.29, 1.82) is 0 Å². The van der Waals surface area contributed by atoms with Crippen molar-refractivity contribution in [2.24, 2.45) is 11.5 Å². The molecule has 0 heterocycles. The minimum absolute atomic E-state index is 0.255. The van der Waals surface area contributed by atoms with E-state index in [4.69, 9.17) is 16.2 Å². The van der Waals surface area contributed by atoms with Gasteiger partial charge in [-0.1, -0.05) is 30.3 Å². The molecule has 2 atom stereocenters. The Balaban J connectivity index is 2.86. The van der Waals surface area contributed by atoms with E-state index in [1.54, 1.807) is 20.8 Å². The number of carbonyl (C=O) groups is 3. The lowest BCUT2D eigenvalue weighted by Gasteiger charge is -2.25. The van der Waals surface area contributed by atoms with Crippen molar-refractivity contribution in [3.8, 4) is 0 Å². The van der Waals surface area contributed by atoms with Gasteiger partial charge in [-0.05, 0) is 26.3 Å². The molecule has 0 aliphatic carbocycles. The zero-order chi connectivity index (χ0) is 18.3. The van der Waals surface area contributed by atoms with Gasteiger partial charge < -0.3 is 21.5 Å². The smallest absolute Gasteiger partial charge is 0.329 e. The molecular formula is C17H25N3O4. The molecule has 0 saturated heterocycles. The van der Waals surface area contributed by atoms with Crippen LogP contribution in [0.5, 0.6) is 0 Å². The van der Waals surface area contributed by atoms with Crippen LogP contribution in [0.15, 0.2) is 30.3 Å². The standard InChI is InChI=1S/C17H25N3O4/c1-17(2,3)24-16(23)13(9-11-7-5-4-6-8-11)20-15(22)12(18)10-14(19)21/h4-8,12-13H,9-10,18H2,1-3H3,(H2,19,21)(H,20,22). The van der Waals surface area contributed by atoms with E-state index in [0.29, 0.717) is 0 Å². The summed E-state index contributed by atoms with van der Waals surface area (Å²) in [6, 6.07) is 7.19. The minimum atomic E-state index is -1.11. The first-order valence-electron chi connectivity index (χ1n) is 7.69. The molecular weight excluding hydrogens is 310 g/mol. The van der Waals surface area contributed by atoms with Crippen molar-refractivity contribution in [2.75, 3.05) is 0 Å². The summed E-state index contributed by atoms with van der Waals surface area (Å²) < 4.78 is 5.35. The molecule has 0 radical (unpaired) electrons. The van der Waals surface area contributed by atoms with E-state index in [2.05, 4.69) is 5.32 Å². The summed E-state index contributed by atoms with van der Waals surface area (Å²) in [4.78, 5) is 35.4. The molecule has 1 aromatic carbocycles. The Bertz CT molecular complexity index is 581. The second-order valence-corrected chi connectivity index (χ2v) is 6.56. The average Bonchev–Trinajstić information content (AvgIpc) is 2.45. The molecule has 2 amide bonds. The molecule has 1 rings (SSSR count). The summed E-state index contributed by atoms with van der Waals surface area (Å²) in [5.74, 6) is -1.87. The van der Waals surface area contributed by atoms with Crippen LogP contribution in [-0.4, -0.2) is 35.5 Å². The van der Waals surface area contributed by atoms with Crippen LogP contribution in [0.25, 0.3) is 0 Å². The Labute approximate surface area is 141 Å². The van der Waals surface area contributed by atoms with Crippen molar-refractivity contribution in [3.63, 3.8) is 0 Å². The lowest BCUT2D eigenvalue weighted by molar-refractivity contribution is -0.158. The van der Waals surface area contributed by atoms with Gasteiger partial charge in [0.1, 0.15) is 11.6 Å². The third kappa shape index (κ3) is 7.23. The highest BCUT2D eigenvalue weighted by atomic mass is 16.6. The molecule has 0 spiro atoms. The normalized spacial score (nSPS) is 13.7. The number of nitrogens with one attached hydrogen (secondary N) is 1. The van der Waals surface area contributed by atoms with Crippen molar-refractivity contribution in [3.05, 3.63) is 35.9 Å². The van der Waals surface area contributed by atoms with Gasteiger partial charge in [-0.2, -0.15) is 0 Å². The Kier molecular flexibility index (Phi) is 6.91. The topological polar surface area (TPSA) is 125 Å². The fourth-order valence-corrected chi connectivity index (χ4v) is 2.00. The molecule has 7 heteroatoms. The van der Waals surface area contributed by atoms with E-state index < -0.39 is 35.5 Å². The minimum Gasteiger partial charge on any atom is -0.458 e. The molecule has 2 unspecified atom stereocenters. The third-order valence-electron chi connectivity index (χ3n) is 3.05. The number of carbonyl (C=O) groups excluding carboxylic acids is 3. The highest BCUT2D eigenvalue weighted by Gasteiger charge is 2.28. The summed E-state index contributed by atoms with van der Waals surface area (Å²) in [6.07, 6.45) is -0.0387. The lowest BCUT2D eigenvalue weighted by atomic mass is 10.0. The molecule has 0 aliphatic rings. The summed E-state index contributed by atoms with van der Waals surface area (Å²) in [7, 11) is 0. The molecule has 5 N–H and O–H groups in total. The number of hydrogen-bond donors (Lipinski definition) is 3. The maximum Gasteiger partial charge on any atom is 0.329 e. The van der Waals surface area contributed by atoms with Crippen molar-refractivity contribution in [2.45, 2.75) is 51.3 Å². The van der Waals surface area contributed by atoms with E-state index in [1.165, 1.54) is 0 Å². The number of amides is 2. The van der Waals surface area contributed by atoms with Crippen LogP contribution in [-0.2, 0) is 25.5 Å². The van der Waals surface area contributed by atoms with Crippen LogP contribution < -0.4 is 16.8 Å². The maximum atomic E-state index is 12.4. The van der Waals surface area contributed by atoms with Crippen LogP contribution >= 0.6 is 0 Å². The molecule has 132 valence electrons. The first kappa shape index (κ1) is 19.6. The van der Waals surface area contributed by atoms with Crippen LogP contribution in [0.2, 0.25) is 0 Å². The SMILES string of the molecule is CC(C)(C)OC(=O)C(Cc1ccccc1)NC(=O)C(N)CC(N)=O. The number of nitrogens with two attached hydrogens (primary N) is 2. The van der Waals surface area contributed by atoms with Crippen LogP contribution in [0.4, 0.5) is 0 Å². The second kappa shape index (κ2) is 8.44. The zero-order valence-corrected chi connectivity index (χ0v) is 14.2. The van der Waals surface area contributed by atoms with Gasteiger partial charge in [0.25, 0.3) is 0 Å². The van der Waals surface area contributed by atoms with Crippen molar-refractivity contribution >= 4 is 17.8 Å². The van der Waals surface area contributed by atoms with Gasteiger partial charge in [-0.15, -0.1) is 0 Å². The van der Waals surface area contributed by atoms with Gasteiger partial charge in [0.05, 0.1) is 12.5 Å². The zero-order valence-electron chi connectivity index (χ0n) is 14.2. The molecule has 0 saturated carbocycles. The van der Waals surface area contributed by atoms with E-state index in [-0.39, 0.29) is 12.8 Å². The number of rotatable bonds is 7. The number of benzene rings is 1. The summed E-state index contributed by atoms with van der Waals surface area (Å²) in [5, 5.41) is 2.55. The Morgan fingerprint density at radius 1 is 1.17 bits per heavy atom. The molecule has 0 fully saturated rings. The summed E-state index contributed by atoms with van der Waals surface area (Å²) in [5.41, 5.74) is 10.8. The van der Waals surface area contributed by atoms with Gasteiger partial charge >= 0.3 is 5.97 Å². The van der Waals surface area contributed by atoms with Crippen molar-refractivity contribution < 1.29 is 19.1 Å². The number of ether oxygens (including phenoxy) is 1. The summed E-state index contributed by atoms with van der Waals surface area (Å²) in [6.45, 7) is 5.22. The molecule has 0 aromatic heterocycles. The molecule has 7 nitrogen and oxygen atoms in total. The fraction of sp³-hybridized carbons (Fsp3) is 0.471. The van der Waals surface area contributed by atoms with Crippen molar-refractivity contribution in [1.82, 2.24) is 5.32 Å². The number of esters is 1. The van der Waals surface area contributed by atoms with Crippen LogP contribution in [0.3, 0.4) is 0 Å². The Morgan fingerprint density at radius 2 is 1.75 bits per heavy atom. The predicted molar refractivity (Wildman–Crippen MR) is 89.7 cm³/mol. The van der Waals surface area contributed by atoms with Crippen LogP contribution in [0.1, 0.15) is 32.8 Å². The quantitative estimate of drug-likeness (QED) is 0.616. The highest BCUT2D eigenvalue weighted by molar-refractivity contribution is 5.90. The Morgan fingerprint density at radius 3 is 2.25 bits per heavy atom. The fourth-order valence-electron chi connectivity index (χ4n) is 2.00. The van der Waals surface area contributed by atoms with E-state index >= 15 is 0 Å². The first-order chi connectivity index (χ1) is 11.1. The monoisotopic (exact) mass is 335 g/mol. The van der Waals surface area contributed by atoms with Crippen LogP contribution in [0, 0.1) is 0 Å². The van der Waals surface area contributed by atoms with E-state index in [9.17, 15) is 14.4 Å².